The third-order valence-electron chi connectivity index (χ3n) is 4.73. The van der Waals surface area contributed by atoms with E-state index in [1.807, 2.05) is 25.1 Å². The normalized spacial score (nSPS) is 11.4. The molecule has 5 nitrogen and oxygen atoms in total. The largest absolute Gasteiger partial charge is 0.493 e. The van der Waals surface area contributed by atoms with Crippen LogP contribution in [0.1, 0.15) is 30.0 Å². The van der Waals surface area contributed by atoms with Crippen molar-refractivity contribution in [3.8, 4) is 23.8 Å². The number of ether oxygens (including phenoxy) is 3. The number of carbonyl (C=O) groups is 1. The summed E-state index contributed by atoms with van der Waals surface area (Å²) < 4.78 is 16.5. The molecule has 0 aliphatic heterocycles. The van der Waals surface area contributed by atoms with Crippen molar-refractivity contribution < 1.29 is 19.0 Å². The first-order valence-electron chi connectivity index (χ1n) is 10.2. The zero-order valence-electron chi connectivity index (χ0n) is 18.1. The minimum Gasteiger partial charge on any atom is -0.493 e. The van der Waals surface area contributed by atoms with Crippen LogP contribution in [0.15, 0.2) is 42.5 Å². The summed E-state index contributed by atoms with van der Waals surface area (Å²) in [5, 5.41) is 2.99. The average molecular weight is 410 g/mol. The highest BCUT2D eigenvalue weighted by Gasteiger charge is 2.18. The van der Waals surface area contributed by atoms with E-state index in [-0.39, 0.29) is 12.5 Å². The Balaban J connectivity index is 1.86. The maximum atomic E-state index is 12.6. The van der Waals surface area contributed by atoms with Crippen molar-refractivity contribution in [2.45, 2.75) is 39.2 Å². The van der Waals surface area contributed by atoms with E-state index < -0.39 is 6.10 Å². The summed E-state index contributed by atoms with van der Waals surface area (Å²) in [4.78, 5) is 12.6. The molecule has 1 atom stereocenters. The van der Waals surface area contributed by atoms with E-state index in [0.717, 1.165) is 12.0 Å². The number of hydrogen-bond acceptors (Lipinski definition) is 4. The number of hydrogen-bond donors (Lipinski definition) is 1. The van der Waals surface area contributed by atoms with Crippen LogP contribution in [-0.4, -0.2) is 38.9 Å². The third kappa shape index (κ3) is 7.46. The lowest BCUT2D eigenvalue weighted by atomic mass is 10.0. The van der Waals surface area contributed by atoms with E-state index in [2.05, 4.69) is 42.4 Å². The van der Waals surface area contributed by atoms with Crippen LogP contribution in [0.5, 0.6) is 11.5 Å². The van der Waals surface area contributed by atoms with Crippen molar-refractivity contribution >= 4 is 5.91 Å². The first-order valence-corrected chi connectivity index (χ1v) is 10.2. The Morgan fingerprint density at radius 3 is 2.50 bits per heavy atom. The number of benzene rings is 2. The summed E-state index contributed by atoms with van der Waals surface area (Å²) in [6.07, 6.45) is 6.90. The summed E-state index contributed by atoms with van der Waals surface area (Å²) in [5.41, 5.74) is 3.47. The monoisotopic (exact) mass is 409 g/mol. The molecular formula is C25H31NO4. The summed E-state index contributed by atoms with van der Waals surface area (Å²) >= 11 is 0. The standard InChI is InChI=1S/C25H31NO4/c1-5-17-30-22-13-12-21(18-24(22)28-4)15-16-26-25(27)23(29-6-2)14-11-20-9-7-19(3)8-10-20/h1,7-10,12-13,18,23H,6,11,14-17H2,2-4H3,(H,26,27). The Bertz CT molecular complexity index is 839. The van der Waals surface area contributed by atoms with E-state index >= 15 is 0 Å². The van der Waals surface area contributed by atoms with Crippen LogP contribution < -0.4 is 14.8 Å². The topological polar surface area (TPSA) is 56.8 Å². The predicted molar refractivity (Wildman–Crippen MR) is 119 cm³/mol. The van der Waals surface area contributed by atoms with Crippen LogP contribution in [0, 0.1) is 19.3 Å². The lowest BCUT2D eigenvalue weighted by Crippen LogP contribution is -2.37. The van der Waals surface area contributed by atoms with Gasteiger partial charge in [-0.15, -0.1) is 6.42 Å². The second kappa shape index (κ2) is 12.6. The van der Waals surface area contributed by atoms with Gasteiger partial charge < -0.3 is 19.5 Å². The average Bonchev–Trinajstić information content (AvgIpc) is 2.76. The van der Waals surface area contributed by atoms with Gasteiger partial charge in [-0.3, -0.25) is 4.79 Å². The molecule has 2 aromatic carbocycles. The van der Waals surface area contributed by atoms with Crippen molar-refractivity contribution in [1.82, 2.24) is 5.32 Å². The Hall–Kier alpha value is -2.97. The van der Waals surface area contributed by atoms with Crippen LogP contribution in [-0.2, 0) is 22.4 Å². The van der Waals surface area contributed by atoms with Crippen molar-refractivity contribution in [2.75, 3.05) is 26.9 Å². The number of methoxy groups -OCH3 is 1. The third-order valence-corrected chi connectivity index (χ3v) is 4.73. The van der Waals surface area contributed by atoms with E-state index in [1.165, 1.54) is 11.1 Å². The maximum absolute atomic E-state index is 12.6. The smallest absolute Gasteiger partial charge is 0.249 e. The molecule has 5 heteroatoms. The minimum absolute atomic E-state index is 0.0788. The van der Waals surface area contributed by atoms with Gasteiger partial charge in [0.15, 0.2) is 11.5 Å². The molecule has 1 amide bonds. The lowest BCUT2D eigenvalue weighted by Gasteiger charge is -2.17. The van der Waals surface area contributed by atoms with Crippen molar-refractivity contribution in [3.63, 3.8) is 0 Å². The van der Waals surface area contributed by atoms with Crippen LogP contribution in [0.3, 0.4) is 0 Å². The van der Waals surface area contributed by atoms with Crippen LogP contribution in [0.4, 0.5) is 0 Å². The lowest BCUT2D eigenvalue weighted by molar-refractivity contribution is -0.132. The number of rotatable bonds is 12. The molecule has 30 heavy (non-hydrogen) atoms. The van der Waals surface area contributed by atoms with Gasteiger partial charge in [-0.1, -0.05) is 41.8 Å². The zero-order chi connectivity index (χ0) is 21.8. The first kappa shape index (κ1) is 23.3. The minimum atomic E-state index is -0.453. The van der Waals surface area contributed by atoms with Gasteiger partial charge in [0.2, 0.25) is 5.91 Å². The van der Waals surface area contributed by atoms with Gasteiger partial charge in [-0.05, 0) is 56.4 Å². The molecule has 0 aliphatic carbocycles. The van der Waals surface area contributed by atoms with E-state index in [0.29, 0.717) is 37.5 Å². The molecule has 160 valence electrons. The van der Waals surface area contributed by atoms with Crippen molar-refractivity contribution in [2.24, 2.45) is 0 Å². The number of carbonyl (C=O) groups excluding carboxylic acids is 1. The van der Waals surface area contributed by atoms with Crippen molar-refractivity contribution in [3.05, 3.63) is 59.2 Å². The van der Waals surface area contributed by atoms with E-state index in [4.69, 9.17) is 20.6 Å². The Morgan fingerprint density at radius 1 is 1.10 bits per heavy atom. The quantitative estimate of drug-likeness (QED) is 0.543. The van der Waals surface area contributed by atoms with E-state index in [1.54, 1.807) is 7.11 Å². The summed E-state index contributed by atoms with van der Waals surface area (Å²) in [6.45, 7) is 5.17. The van der Waals surface area contributed by atoms with Gasteiger partial charge >= 0.3 is 0 Å². The van der Waals surface area contributed by atoms with Gasteiger partial charge in [0.05, 0.1) is 7.11 Å². The Morgan fingerprint density at radius 2 is 1.83 bits per heavy atom. The van der Waals surface area contributed by atoms with Gasteiger partial charge in [0.25, 0.3) is 0 Å². The zero-order valence-corrected chi connectivity index (χ0v) is 18.1. The van der Waals surface area contributed by atoms with Gasteiger partial charge in [-0.25, -0.2) is 0 Å². The molecular weight excluding hydrogens is 378 g/mol. The second-order valence-electron chi connectivity index (χ2n) is 6.99. The van der Waals surface area contributed by atoms with Crippen LogP contribution >= 0.6 is 0 Å². The molecule has 2 rings (SSSR count). The number of terminal acetylenes is 1. The molecule has 0 radical (unpaired) electrons. The molecule has 1 N–H and O–H groups in total. The highest BCUT2D eigenvalue weighted by atomic mass is 16.5. The fourth-order valence-corrected chi connectivity index (χ4v) is 3.09. The molecule has 0 bridgehead atoms. The second-order valence-corrected chi connectivity index (χ2v) is 6.99. The molecule has 1 unspecified atom stereocenters. The molecule has 0 spiro atoms. The Kier molecular flexibility index (Phi) is 9.76. The predicted octanol–water partition coefficient (Wildman–Crippen LogP) is 3.71. The van der Waals surface area contributed by atoms with E-state index in [9.17, 15) is 4.79 Å². The van der Waals surface area contributed by atoms with Gasteiger partial charge in [0, 0.05) is 13.2 Å². The summed E-state index contributed by atoms with van der Waals surface area (Å²) in [7, 11) is 1.59. The van der Waals surface area contributed by atoms with Crippen molar-refractivity contribution in [1.29, 1.82) is 0 Å². The molecule has 0 heterocycles. The number of aryl methyl sites for hydroxylation is 2. The number of amides is 1. The highest BCUT2D eigenvalue weighted by Crippen LogP contribution is 2.28. The first-order chi connectivity index (χ1) is 14.6. The van der Waals surface area contributed by atoms with Gasteiger partial charge in [-0.2, -0.15) is 0 Å². The maximum Gasteiger partial charge on any atom is 0.249 e. The molecule has 0 aliphatic rings. The fraction of sp³-hybridized carbons (Fsp3) is 0.400. The summed E-state index contributed by atoms with van der Waals surface area (Å²) in [6, 6.07) is 14.0. The fourth-order valence-electron chi connectivity index (χ4n) is 3.09. The molecule has 0 fully saturated rings. The summed E-state index contributed by atoms with van der Waals surface area (Å²) in [5.74, 6) is 3.59. The number of nitrogens with one attached hydrogen (secondary N) is 1. The molecule has 2 aromatic rings. The van der Waals surface area contributed by atoms with Crippen LogP contribution in [0.25, 0.3) is 0 Å². The Labute approximate surface area is 179 Å². The molecule has 0 aromatic heterocycles. The molecule has 0 saturated heterocycles. The molecule has 0 saturated carbocycles. The SMILES string of the molecule is C#CCOc1ccc(CCNC(=O)C(CCc2ccc(C)cc2)OCC)cc1OC. The van der Waals surface area contributed by atoms with Crippen LogP contribution in [0.2, 0.25) is 0 Å². The highest BCUT2D eigenvalue weighted by molar-refractivity contribution is 5.80. The van der Waals surface area contributed by atoms with Gasteiger partial charge in [0.1, 0.15) is 12.7 Å².